The lowest BCUT2D eigenvalue weighted by Gasteiger charge is -2.27. The first kappa shape index (κ1) is 16.4. The molecule has 1 fully saturated rings. The van der Waals surface area contributed by atoms with Gasteiger partial charge in [0.25, 0.3) is 5.56 Å². The molecule has 2 heterocycles. The maximum Gasteiger partial charge on any atom is 0.262 e. The quantitative estimate of drug-likeness (QED) is 0.940. The molecule has 0 radical (unpaired) electrons. The minimum absolute atomic E-state index is 0.114. The summed E-state index contributed by atoms with van der Waals surface area (Å²) in [5.41, 5.74) is 2.20. The van der Waals surface area contributed by atoms with Gasteiger partial charge in [-0.25, -0.2) is 4.98 Å². The van der Waals surface area contributed by atoms with Gasteiger partial charge in [-0.15, -0.1) is 0 Å². The van der Waals surface area contributed by atoms with Gasteiger partial charge in [0.05, 0.1) is 10.9 Å². The summed E-state index contributed by atoms with van der Waals surface area (Å²) in [6.07, 6.45) is 3.91. The van der Waals surface area contributed by atoms with Crippen LogP contribution in [0.2, 0.25) is 0 Å². The van der Waals surface area contributed by atoms with Gasteiger partial charge in [-0.3, -0.25) is 14.2 Å². The molecule has 1 N–H and O–H groups in total. The number of nitrogens with zero attached hydrogens (tertiary/aromatic N) is 2. The number of aromatic nitrogens is 2. The third kappa shape index (κ3) is 2.86. The van der Waals surface area contributed by atoms with E-state index in [1.165, 1.54) is 0 Å². The summed E-state index contributed by atoms with van der Waals surface area (Å²) in [5, 5.41) is 3.39. The molecule has 1 unspecified atom stereocenters. The molecular weight excluding hydrogens is 302 g/mol. The van der Waals surface area contributed by atoms with E-state index in [9.17, 15) is 9.59 Å². The largest absolute Gasteiger partial charge is 0.329 e. The summed E-state index contributed by atoms with van der Waals surface area (Å²) in [6, 6.07) is 5.18. The number of nitrogens with one attached hydrogen (secondary N) is 1. The summed E-state index contributed by atoms with van der Waals surface area (Å²) >= 11 is 0. The van der Waals surface area contributed by atoms with Crippen LogP contribution in [-0.4, -0.2) is 15.5 Å². The molecule has 3 rings (SSSR count). The minimum Gasteiger partial charge on any atom is -0.329 e. The molecule has 1 atom stereocenters. The van der Waals surface area contributed by atoms with E-state index in [2.05, 4.69) is 18.8 Å². The number of carbonyl (C=O) groups excluding carboxylic acids is 1. The van der Waals surface area contributed by atoms with Crippen LogP contribution in [0.5, 0.6) is 0 Å². The molecule has 0 saturated carbocycles. The summed E-state index contributed by atoms with van der Waals surface area (Å²) in [5.74, 6) is 0.536. The molecule has 2 aromatic rings. The zero-order valence-electron chi connectivity index (χ0n) is 14.3. The number of amides is 1. The third-order valence-corrected chi connectivity index (χ3v) is 4.60. The number of carbonyl (C=O) groups is 1. The first-order chi connectivity index (χ1) is 11.5. The zero-order chi connectivity index (χ0) is 17.3. The van der Waals surface area contributed by atoms with Gasteiger partial charge in [0.2, 0.25) is 5.91 Å². The smallest absolute Gasteiger partial charge is 0.262 e. The van der Waals surface area contributed by atoms with Gasteiger partial charge >= 0.3 is 0 Å². The van der Waals surface area contributed by atoms with Gasteiger partial charge in [-0.05, 0) is 37.8 Å². The van der Waals surface area contributed by atoms with E-state index in [1.54, 1.807) is 4.57 Å². The van der Waals surface area contributed by atoms with Crippen LogP contribution < -0.4 is 10.9 Å². The molecule has 1 aromatic carbocycles. The first-order valence-corrected chi connectivity index (χ1v) is 8.52. The Bertz CT molecular complexity index is 867. The molecule has 24 heavy (non-hydrogen) atoms. The van der Waals surface area contributed by atoms with Crippen LogP contribution >= 0.6 is 0 Å². The van der Waals surface area contributed by atoms with E-state index in [1.807, 2.05) is 25.1 Å². The van der Waals surface area contributed by atoms with Gasteiger partial charge < -0.3 is 5.32 Å². The highest BCUT2D eigenvalue weighted by Crippen LogP contribution is 2.24. The Hall–Kier alpha value is -2.43. The average molecular weight is 325 g/mol. The fourth-order valence-corrected chi connectivity index (χ4v) is 3.30. The SMILES string of the molecule is C=C1CCC(n2c(CCCC)nc3cccc(C)c3c2=O)C(=O)N1. The lowest BCUT2D eigenvalue weighted by molar-refractivity contribution is -0.125. The Labute approximate surface area is 141 Å². The Morgan fingerprint density at radius 1 is 1.38 bits per heavy atom. The second kappa shape index (κ2) is 6.59. The van der Waals surface area contributed by atoms with Crippen LogP contribution in [0.3, 0.4) is 0 Å². The summed E-state index contributed by atoms with van der Waals surface area (Å²) in [4.78, 5) is 30.3. The van der Waals surface area contributed by atoms with Gasteiger partial charge in [-0.1, -0.05) is 32.1 Å². The number of allylic oxidation sites excluding steroid dienone is 1. The fourth-order valence-electron chi connectivity index (χ4n) is 3.30. The zero-order valence-corrected chi connectivity index (χ0v) is 14.3. The van der Waals surface area contributed by atoms with Crippen molar-refractivity contribution in [3.8, 4) is 0 Å². The lowest BCUT2D eigenvalue weighted by Crippen LogP contribution is -2.42. The van der Waals surface area contributed by atoms with E-state index < -0.39 is 6.04 Å². The van der Waals surface area contributed by atoms with Crippen molar-refractivity contribution in [1.82, 2.24) is 14.9 Å². The molecule has 0 bridgehead atoms. The maximum absolute atomic E-state index is 13.2. The standard InChI is InChI=1S/C19H23N3O2/c1-4-5-9-16-21-14-8-6-7-12(2)17(14)19(24)22(16)15-11-10-13(3)20-18(15)23/h6-8,15H,3-5,9-11H2,1-2H3,(H,20,23). The molecule has 5 heteroatoms. The van der Waals surface area contributed by atoms with Crippen molar-refractivity contribution in [2.24, 2.45) is 0 Å². The van der Waals surface area contributed by atoms with E-state index in [4.69, 9.17) is 4.98 Å². The van der Waals surface area contributed by atoms with E-state index in [0.717, 1.165) is 18.4 Å². The van der Waals surface area contributed by atoms with Crippen LogP contribution in [0.25, 0.3) is 10.9 Å². The number of hydrogen-bond donors (Lipinski definition) is 1. The fraction of sp³-hybridized carbons (Fsp3) is 0.421. The molecule has 0 spiro atoms. The molecule has 5 nitrogen and oxygen atoms in total. The molecule has 1 aliphatic heterocycles. The lowest BCUT2D eigenvalue weighted by atomic mass is 10.0. The monoisotopic (exact) mass is 325 g/mol. The highest BCUT2D eigenvalue weighted by Gasteiger charge is 2.29. The molecule has 1 saturated heterocycles. The van der Waals surface area contributed by atoms with Crippen LogP contribution in [-0.2, 0) is 11.2 Å². The number of fused-ring (bicyclic) bond motifs is 1. The Balaban J connectivity index is 2.21. The normalized spacial score (nSPS) is 18.0. The summed E-state index contributed by atoms with van der Waals surface area (Å²) in [6.45, 7) is 7.83. The Morgan fingerprint density at radius 2 is 2.17 bits per heavy atom. The predicted molar refractivity (Wildman–Crippen MR) is 94.9 cm³/mol. The van der Waals surface area contributed by atoms with Gasteiger partial charge in [0, 0.05) is 12.1 Å². The number of unbranched alkanes of at least 4 members (excludes halogenated alkanes) is 1. The minimum atomic E-state index is -0.508. The Kier molecular flexibility index (Phi) is 4.51. The molecular formula is C19H23N3O2. The number of benzene rings is 1. The molecule has 1 amide bonds. The highest BCUT2D eigenvalue weighted by molar-refractivity contribution is 5.85. The van der Waals surface area contributed by atoms with Gasteiger partial charge in [-0.2, -0.15) is 0 Å². The number of rotatable bonds is 4. The predicted octanol–water partition coefficient (Wildman–Crippen LogP) is 3.01. The van der Waals surface area contributed by atoms with Crippen molar-refractivity contribution in [2.45, 2.75) is 52.0 Å². The highest BCUT2D eigenvalue weighted by atomic mass is 16.2. The summed E-state index contributed by atoms with van der Waals surface area (Å²) < 4.78 is 1.62. The van der Waals surface area contributed by atoms with Crippen molar-refractivity contribution in [2.75, 3.05) is 0 Å². The second-order valence-electron chi connectivity index (χ2n) is 6.42. The van der Waals surface area contributed by atoms with Crippen molar-refractivity contribution >= 4 is 16.8 Å². The van der Waals surface area contributed by atoms with Crippen LogP contribution in [0.4, 0.5) is 0 Å². The molecule has 1 aliphatic rings. The average Bonchev–Trinajstić information content (AvgIpc) is 2.54. The van der Waals surface area contributed by atoms with Gasteiger partial charge in [0.15, 0.2) is 0 Å². The molecule has 126 valence electrons. The van der Waals surface area contributed by atoms with Crippen molar-refractivity contribution in [3.63, 3.8) is 0 Å². The van der Waals surface area contributed by atoms with E-state index >= 15 is 0 Å². The van der Waals surface area contributed by atoms with Crippen LogP contribution in [0.15, 0.2) is 35.3 Å². The number of piperidine rings is 1. The van der Waals surface area contributed by atoms with Crippen LogP contribution in [0, 0.1) is 6.92 Å². The van der Waals surface area contributed by atoms with Crippen molar-refractivity contribution in [1.29, 1.82) is 0 Å². The van der Waals surface area contributed by atoms with Gasteiger partial charge in [0.1, 0.15) is 11.9 Å². The third-order valence-electron chi connectivity index (χ3n) is 4.60. The number of aryl methyl sites for hydroxylation is 2. The number of hydrogen-bond acceptors (Lipinski definition) is 3. The topological polar surface area (TPSA) is 64.0 Å². The van der Waals surface area contributed by atoms with E-state index in [-0.39, 0.29) is 11.5 Å². The van der Waals surface area contributed by atoms with E-state index in [0.29, 0.717) is 41.7 Å². The van der Waals surface area contributed by atoms with Crippen molar-refractivity contribution < 1.29 is 4.79 Å². The second-order valence-corrected chi connectivity index (χ2v) is 6.42. The maximum atomic E-state index is 13.2. The van der Waals surface area contributed by atoms with Crippen molar-refractivity contribution in [3.05, 3.63) is 52.2 Å². The molecule has 0 aliphatic carbocycles. The van der Waals surface area contributed by atoms with Crippen LogP contribution in [0.1, 0.15) is 50.0 Å². The first-order valence-electron chi connectivity index (χ1n) is 8.52. The summed E-state index contributed by atoms with van der Waals surface area (Å²) in [7, 11) is 0. The molecule has 1 aromatic heterocycles. The Morgan fingerprint density at radius 3 is 2.88 bits per heavy atom.